The molecule has 1 saturated heterocycles. The Morgan fingerprint density at radius 2 is 1.90 bits per heavy atom. The van der Waals surface area contributed by atoms with Gasteiger partial charge in [-0.25, -0.2) is 0 Å². The first kappa shape index (κ1) is 16.9. The molecule has 1 rings (SSSR count). The lowest BCUT2D eigenvalue weighted by molar-refractivity contribution is -0.137. The second kappa shape index (κ2) is 8.89. The van der Waals surface area contributed by atoms with Gasteiger partial charge in [-0.3, -0.25) is 14.9 Å². The van der Waals surface area contributed by atoms with Crippen LogP contribution in [0, 0.1) is 0 Å². The number of nitrogens with zero attached hydrogens (tertiary/aromatic N) is 1. The minimum absolute atomic E-state index is 0.00448. The molecule has 2 unspecified atom stereocenters. The van der Waals surface area contributed by atoms with E-state index >= 15 is 0 Å². The molecule has 7 heteroatoms. The minimum atomic E-state index is -0.424. The predicted octanol–water partition coefficient (Wildman–Crippen LogP) is -1.03. The van der Waals surface area contributed by atoms with Crippen LogP contribution in [0.4, 0.5) is 0 Å². The van der Waals surface area contributed by atoms with Crippen molar-refractivity contribution >= 4 is 11.8 Å². The monoisotopic (exact) mass is 287 g/mol. The van der Waals surface area contributed by atoms with E-state index in [1.165, 1.54) is 0 Å². The van der Waals surface area contributed by atoms with Crippen LogP contribution in [-0.4, -0.2) is 75.4 Å². The fourth-order valence-corrected chi connectivity index (χ4v) is 2.01. The van der Waals surface area contributed by atoms with Crippen molar-refractivity contribution < 1.29 is 19.1 Å². The van der Waals surface area contributed by atoms with Crippen molar-refractivity contribution in [3.05, 3.63) is 0 Å². The van der Waals surface area contributed by atoms with Crippen LogP contribution < -0.4 is 10.6 Å². The topological polar surface area (TPSA) is 79.9 Å². The molecule has 1 aliphatic rings. The average molecular weight is 287 g/mol. The van der Waals surface area contributed by atoms with Crippen molar-refractivity contribution in [1.82, 2.24) is 15.5 Å². The van der Waals surface area contributed by atoms with E-state index in [0.29, 0.717) is 39.5 Å². The van der Waals surface area contributed by atoms with Crippen molar-refractivity contribution in [3.8, 4) is 0 Å². The van der Waals surface area contributed by atoms with Crippen LogP contribution in [0.2, 0.25) is 0 Å². The summed E-state index contributed by atoms with van der Waals surface area (Å²) in [5.41, 5.74) is 0. The summed E-state index contributed by atoms with van der Waals surface area (Å²) < 4.78 is 10.1. The Morgan fingerprint density at radius 3 is 2.50 bits per heavy atom. The summed E-state index contributed by atoms with van der Waals surface area (Å²) in [6.07, 6.45) is 0. The molecule has 2 amide bonds. The Labute approximate surface area is 120 Å². The molecule has 0 aromatic carbocycles. The van der Waals surface area contributed by atoms with Crippen molar-refractivity contribution in [2.24, 2.45) is 0 Å². The largest absolute Gasteiger partial charge is 0.383 e. The molecule has 1 fully saturated rings. The molecular weight excluding hydrogens is 262 g/mol. The normalized spacial score (nSPS) is 18.4. The predicted molar refractivity (Wildman–Crippen MR) is 74.3 cm³/mol. The smallest absolute Gasteiger partial charge is 0.239 e. The van der Waals surface area contributed by atoms with E-state index in [2.05, 4.69) is 10.6 Å². The molecular formula is C13H25N3O4. The van der Waals surface area contributed by atoms with E-state index in [4.69, 9.17) is 9.47 Å². The molecule has 20 heavy (non-hydrogen) atoms. The van der Waals surface area contributed by atoms with E-state index in [1.54, 1.807) is 25.9 Å². The van der Waals surface area contributed by atoms with Gasteiger partial charge in [0.1, 0.15) is 0 Å². The average Bonchev–Trinajstić information content (AvgIpc) is 2.47. The van der Waals surface area contributed by atoms with Gasteiger partial charge in [0.05, 0.1) is 31.9 Å². The number of carbonyl (C=O) groups excluding carboxylic acids is 2. The molecule has 1 heterocycles. The molecule has 7 nitrogen and oxygen atoms in total. The molecule has 2 N–H and O–H groups in total. The fraction of sp³-hybridized carbons (Fsp3) is 0.846. The summed E-state index contributed by atoms with van der Waals surface area (Å²) in [6, 6.07) is -0.817. The van der Waals surface area contributed by atoms with Gasteiger partial charge in [-0.15, -0.1) is 0 Å². The van der Waals surface area contributed by atoms with Gasteiger partial charge in [-0.2, -0.15) is 0 Å². The summed E-state index contributed by atoms with van der Waals surface area (Å²) in [7, 11) is 1.58. The summed E-state index contributed by atoms with van der Waals surface area (Å²) >= 11 is 0. The summed E-state index contributed by atoms with van der Waals surface area (Å²) in [5, 5.41) is 5.75. The van der Waals surface area contributed by atoms with Gasteiger partial charge in [-0.05, 0) is 13.8 Å². The first-order chi connectivity index (χ1) is 9.56. The Balaban J connectivity index is 2.33. The lowest BCUT2D eigenvalue weighted by Gasteiger charge is -2.30. The molecule has 0 spiro atoms. The molecule has 1 aliphatic heterocycles. The van der Waals surface area contributed by atoms with E-state index in [1.807, 2.05) is 0 Å². The van der Waals surface area contributed by atoms with E-state index in [-0.39, 0.29) is 11.8 Å². The van der Waals surface area contributed by atoms with Crippen LogP contribution in [0.25, 0.3) is 0 Å². The Kier molecular flexibility index (Phi) is 7.50. The highest BCUT2D eigenvalue weighted by Crippen LogP contribution is 2.01. The summed E-state index contributed by atoms with van der Waals surface area (Å²) in [5.74, 6) is -0.131. The number of amides is 2. The van der Waals surface area contributed by atoms with E-state index < -0.39 is 12.1 Å². The van der Waals surface area contributed by atoms with Gasteiger partial charge in [0.15, 0.2) is 0 Å². The number of ether oxygens (including phenoxy) is 2. The SMILES string of the molecule is COCCNC(=O)C(C)NC(C)C(=O)N1CCOCC1. The summed E-state index contributed by atoms with van der Waals surface area (Å²) in [4.78, 5) is 25.7. The third kappa shape index (κ3) is 5.44. The maximum atomic E-state index is 12.2. The zero-order valence-corrected chi connectivity index (χ0v) is 12.5. The molecule has 0 radical (unpaired) electrons. The lowest BCUT2D eigenvalue weighted by atomic mass is 10.2. The zero-order valence-electron chi connectivity index (χ0n) is 12.5. The summed E-state index contributed by atoms with van der Waals surface area (Å²) in [6.45, 7) is 6.82. The number of rotatable bonds is 7. The number of nitrogens with one attached hydrogen (secondary N) is 2. The molecule has 0 aromatic rings. The number of methoxy groups -OCH3 is 1. The van der Waals surface area contributed by atoms with E-state index in [9.17, 15) is 9.59 Å². The van der Waals surface area contributed by atoms with Gasteiger partial charge in [-0.1, -0.05) is 0 Å². The van der Waals surface area contributed by atoms with Crippen molar-refractivity contribution in [3.63, 3.8) is 0 Å². The van der Waals surface area contributed by atoms with Crippen LogP contribution in [-0.2, 0) is 19.1 Å². The van der Waals surface area contributed by atoms with Crippen molar-refractivity contribution in [2.45, 2.75) is 25.9 Å². The first-order valence-electron chi connectivity index (χ1n) is 6.95. The third-order valence-electron chi connectivity index (χ3n) is 3.19. The molecule has 0 bridgehead atoms. The van der Waals surface area contributed by atoms with Gasteiger partial charge >= 0.3 is 0 Å². The highest BCUT2D eigenvalue weighted by Gasteiger charge is 2.25. The number of morpholine rings is 1. The first-order valence-corrected chi connectivity index (χ1v) is 6.95. The van der Waals surface area contributed by atoms with Crippen molar-refractivity contribution in [1.29, 1.82) is 0 Å². The Bertz CT molecular complexity index is 319. The highest BCUT2D eigenvalue weighted by molar-refractivity contribution is 5.84. The minimum Gasteiger partial charge on any atom is -0.383 e. The molecule has 116 valence electrons. The number of carbonyl (C=O) groups is 2. The maximum absolute atomic E-state index is 12.2. The molecule has 0 saturated carbocycles. The van der Waals surface area contributed by atoms with Crippen LogP contribution >= 0.6 is 0 Å². The quantitative estimate of drug-likeness (QED) is 0.586. The number of hydrogen-bond acceptors (Lipinski definition) is 5. The molecule has 0 aromatic heterocycles. The van der Waals surface area contributed by atoms with Gasteiger partial charge in [0, 0.05) is 26.7 Å². The fourth-order valence-electron chi connectivity index (χ4n) is 2.01. The van der Waals surface area contributed by atoms with Gasteiger partial charge in [0.2, 0.25) is 11.8 Å². The Hall–Kier alpha value is -1.18. The number of hydrogen-bond donors (Lipinski definition) is 2. The Morgan fingerprint density at radius 1 is 1.25 bits per heavy atom. The van der Waals surface area contributed by atoms with E-state index in [0.717, 1.165) is 0 Å². The molecule has 0 aliphatic carbocycles. The van der Waals surface area contributed by atoms with Gasteiger partial charge in [0.25, 0.3) is 0 Å². The highest BCUT2D eigenvalue weighted by atomic mass is 16.5. The maximum Gasteiger partial charge on any atom is 0.239 e. The van der Waals surface area contributed by atoms with Crippen LogP contribution in [0.3, 0.4) is 0 Å². The van der Waals surface area contributed by atoms with Crippen LogP contribution in [0.1, 0.15) is 13.8 Å². The molecule has 2 atom stereocenters. The van der Waals surface area contributed by atoms with Crippen LogP contribution in [0.5, 0.6) is 0 Å². The zero-order chi connectivity index (χ0) is 15.0. The van der Waals surface area contributed by atoms with Gasteiger partial charge < -0.3 is 19.7 Å². The lowest BCUT2D eigenvalue weighted by Crippen LogP contribution is -2.54. The van der Waals surface area contributed by atoms with Crippen molar-refractivity contribution in [2.75, 3.05) is 46.6 Å². The standard InChI is InChI=1S/C13H25N3O4/c1-10(12(17)14-4-7-19-3)15-11(2)13(18)16-5-8-20-9-6-16/h10-11,15H,4-9H2,1-3H3,(H,14,17). The van der Waals surface area contributed by atoms with Crippen LogP contribution in [0.15, 0.2) is 0 Å². The second-order valence-corrected chi connectivity index (χ2v) is 4.83. The third-order valence-corrected chi connectivity index (χ3v) is 3.19. The second-order valence-electron chi connectivity index (χ2n) is 4.83.